The molecule has 1 amide bonds. The highest BCUT2D eigenvalue weighted by molar-refractivity contribution is 5.85. The third-order valence-electron chi connectivity index (χ3n) is 4.17. The molecule has 2 unspecified atom stereocenters. The number of carboxylic acid groups (broad SMARTS) is 1. The van der Waals surface area contributed by atoms with E-state index in [1.54, 1.807) is 6.92 Å². The van der Waals surface area contributed by atoms with Crippen LogP contribution in [0.3, 0.4) is 0 Å². The van der Waals surface area contributed by atoms with Crippen LogP contribution in [0, 0.1) is 17.8 Å². The van der Waals surface area contributed by atoms with Crippen LogP contribution in [0.15, 0.2) is 0 Å². The first kappa shape index (κ1) is 14.8. The van der Waals surface area contributed by atoms with E-state index in [9.17, 15) is 14.4 Å². The molecule has 0 aliphatic heterocycles. The van der Waals surface area contributed by atoms with Crippen molar-refractivity contribution in [2.24, 2.45) is 17.8 Å². The van der Waals surface area contributed by atoms with Gasteiger partial charge in [-0.25, -0.2) is 4.79 Å². The number of carbonyl (C=O) groups is 3. The minimum absolute atomic E-state index is 0.000995. The van der Waals surface area contributed by atoms with Crippen molar-refractivity contribution in [3.8, 4) is 0 Å². The second kappa shape index (κ2) is 6.24. The highest BCUT2D eigenvalue weighted by atomic mass is 16.5. The van der Waals surface area contributed by atoms with Crippen molar-refractivity contribution in [3.05, 3.63) is 0 Å². The summed E-state index contributed by atoms with van der Waals surface area (Å²) in [6.07, 6.45) is 3.04. The van der Waals surface area contributed by atoms with Gasteiger partial charge in [0.2, 0.25) is 5.91 Å². The predicted octanol–water partition coefficient (Wildman–Crippen LogP) is 0.945. The Morgan fingerprint density at radius 3 is 2.45 bits per heavy atom. The Morgan fingerprint density at radius 2 is 1.90 bits per heavy atom. The summed E-state index contributed by atoms with van der Waals surface area (Å²) < 4.78 is 4.75. The maximum absolute atomic E-state index is 12.0. The Morgan fingerprint density at radius 1 is 1.25 bits per heavy atom. The molecule has 0 aromatic carbocycles. The number of fused-ring (bicyclic) bond motifs is 1. The zero-order chi connectivity index (χ0) is 14.7. The van der Waals surface area contributed by atoms with Crippen LogP contribution in [0.1, 0.15) is 39.0 Å². The molecule has 2 aliphatic carbocycles. The summed E-state index contributed by atoms with van der Waals surface area (Å²) in [5, 5.41) is 11.7. The third-order valence-corrected chi connectivity index (χ3v) is 4.17. The van der Waals surface area contributed by atoms with E-state index in [1.165, 1.54) is 6.42 Å². The van der Waals surface area contributed by atoms with Crippen LogP contribution in [-0.4, -0.2) is 35.6 Å². The molecule has 2 saturated carbocycles. The van der Waals surface area contributed by atoms with Gasteiger partial charge in [0, 0.05) is 12.3 Å². The largest absolute Gasteiger partial charge is 0.480 e. The Labute approximate surface area is 117 Å². The fourth-order valence-electron chi connectivity index (χ4n) is 2.97. The molecular formula is C14H21NO5. The van der Waals surface area contributed by atoms with Crippen molar-refractivity contribution in [1.29, 1.82) is 0 Å². The average molecular weight is 283 g/mol. The number of carbonyl (C=O) groups excluding carboxylic acids is 2. The number of ether oxygens (including phenoxy) is 1. The molecule has 20 heavy (non-hydrogen) atoms. The van der Waals surface area contributed by atoms with Crippen LogP contribution in [0.2, 0.25) is 0 Å². The highest BCUT2D eigenvalue weighted by Gasteiger charge is 2.48. The van der Waals surface area contributed by atoms with Gasteiger partial charge in [0.15, 0.2) is 0 Å². The lowest BCUT2D eigenvalue weighted by molar-refractivity contribution is -0.145. The number of esters is 1. The maximum Gasteiger partial charge on any atom is 0.326 e. The van der Waals surface area contributed by atoms with E-state index in [2.05, 4.69) is 5.32 Å². The van der Waals surface area contributed by atoms with Gasteiger partial charge in [-0.05, 0) is 44.4 Å². The molecule has 112 valence electrons. The smallest absolute Gasteiger partial charge is 0.326 e. The van der Waals surface area contributed by atoms with E-state index in [0.29, 0.717) is 11.8 Å². The summed E-state index contributed by atoms with van der Waals surface area (Å²) in [7, 11) is 0. The predicted molar refractivity (Wildman–Crippen MR) is 69.8 cm³/mol. The second-order valence-electron chi connectivity index (χ2n) is 5.67. The van der Waals surface area contributed by atoms with Crippen molar-refractivity contribution < 1.29 is 24.2 Å². The van der Waals surface area contributed by atoms with Gasteiger partial charge in [0.1, 0.15) is 6.04 Å². The number of aliphatic carboxylic acids is 1. The van der Waals surface area contributed by atoms with Gasteiger partial charge in [0.25, 0.3) is 0 Å². The van der Waals surface area contributed by atoms with E-state index in [0.717, 1.165) is 12.8 Å². The highest BCUT2D eigenvalue weighted by Crippen LogP contribution is 2.54. The summed E-state index contributed by atoms with van der Waals surface area (Å²) in [4.78, 5) is 34.4. The number of hydrogen-bond acceptors (Lipinski definition) is 4. The van der Waals surface area contributed by atoms with Crippen molar-refractivity contribution in [3.63, 3.8) is 0 Å². The fourth-order valence-corrected chi connectivity index (χ4v) is 2.97. The molecule has 0 radical (unpaired) electrons. The number of rotatable bonds is 7. The minimum Gasteiger partial charge on any atom is -0.480 e. The van der Waals surface area contributed by atoms with E-state index < -0.39 is 18.0 Å². The number of carboxylic acids is 1. The van der Waals surface area contributed by atoms with E-state index in [1.807, 2.05) is 0 Å². The molecule has 2 fully saturated rings. The Balaban J connectivity index is 1.77. The molecule has 0 spiro atoms. The lowest BCUT2D eigenvalue weighted by Crippen LogP contribution is -2.43. The lowest BCUT2D eigenvalue weighted by Gasteiger charge is -2.17. The summed E-state index contributed by atoms with van der Waals surface area (Å²) in [6.45, 7) is 1.97. The first-order valence-electron chi connectivity index (χ1n) is 7.20. The maximum atomic E-state index is 12.0. The molecule has 2 aliphatic rings. The summed E-state index contributed by atoms with van der Waals surface area (Å²) in [5.74, 6) is -0.431. The third kappa shape index (κ3) is 3.71. The van der Waals surface area contributed by atoms with E-state index in [-0.39, 0.29) is 31.3 Å². The lowest BCUT2D eigenvalue weighted by atomic mass is 10.0. The van der Waals surface area contributed by atoms with Gasteiger partial charge in [-0.2, -0.15) is 0 Å². The molecule has 2 N–H and O–H groups in total. The quantitative estimate of drug-likeness (QED) is 0.678. The Kier molecular flexibility index (Phi) is 4.62. The molecule has 6 nitrogen and oxygen atoms in total. The number of amides is 1. The zero-order valence-corrected chi connectivity index (χ0v) is 11.6. The van der Waals surface area contributed by atoms with Gasteiger partial charge in [-0.1, -0.05) is 0 Å². The molecule has 0 heterocycles. The van der Waals surface area contributed by atoms with Crippen LogP contribution in [-0.2, 0) is 19.1 Å². The average Bonchev–Trinajstić information content (AvgIpc) is 3.00. The number of hydrogen-bond donors (Lipinski definition) is 2. The first-order chi connectivity index (χ1) is 9.51. The molecule has 2 rings (SSSR count). The molecule has 0 bridgehead atoms. The monoisotopic (exact) mass is 283 g/mol. The normalized spacial score (nSPS) is 28.4. The van der Waals surface area contributed by atoms with Crippen LogP contribution in [0.4, 0.5) is 0 Å². The molecular weight excluding hydrogens is 262 g/mol. The number of nitrogens with one attached hydrogen (secondary N) is 1. The molecule has 0 aromatic heterocycles. The van der Waals surface area contributed by atoms with Gasteiger partial charge >= 0.3 is 11.9 Å². The van der Waals surface area contributed by atoms with Crippen molar-refractivity contribution in [2.75, 3.05) is 6.61 Å². The van der Waals surface area contributed by atoms with Crippen molar-refractivity contribution in [2.45, 2.75) is 45.1 Å². The SMILES string of the molecule is CCOC(=O)CC[C@H](NC(=O)C1CC2CC2C1)C(=O)O. The zero-order valence-electron chi connectivity index (χ0n) is 11.6. The van der Waals surface area contributed by atoms with Crippen LogP contribution in [0.25, 0.3) is 0 Å². The van der Waals surface area contributed by atoms with Gasteiger partial charge in [-0.3, -0.25) is 9.59 Å². The molecule has 0 aromatic rings. The van der Waals surface area contributed by atoms with Gasteiger partial charge in [0.05, 0.1) is 6.61 Å². The second-order valence-corrected chi connectivity index (χ2v) is 5.67. The van der Waals surface area contributed by atoms with Gasteiger partial charge in [-0.15, -0.1) is 0 Å². The topological polar surface area (TPSA) is 92.7 Å². The summed E-state index contributed by atoms with van der Waals surface area (Å²) >= 11 is 0. The van der Waals surface area contributed by atoms with Crippen LogP contribution >= 0.6 is 0 Å². The van der Waals surface area contributed by atoms with E-state index in [4.69, 9.17) is 9.84 Å². The summed E-state index contributed by atoms with van der Waals surface area (Å²) in [5.41, 5.74) is 0. The van der Waals surface area contributed by atoms with Gasteiger partial charge < -0.3 is 15.2 Å². The Hall–Kier alpha value is -1.59. The van der Waals surface area contributed by atoms with Crippen LogP contribution in [0.5, 0.6) is 0 Å². The Bertz CT molecular complexity index is 398. The molecule has 3 atom stereocenters. The van der Waals surface area contributed by atoms with E-state index >= 15 is 0 Å². The van der Waals surface area contributed by atoms with Crippen molar-refractivity contribution >= 4 is 17.8 Å². The standard InChI is InChI=1S/C14H21NO5/c1-2-20-12(16)4-3-11(14(18)19)15-13(17)10-6-8-5-9(8)7-10/h8-11H,2-7H2,1H3,(H,15,17)(H,18,19)/t8?,9?,10?,11-/m0/s1. The van der Waals surface area contributed by atoms with Crippen LogP contribution < -0.4 is 5.32 Å². The minimum atomic E-state index is -1.11. The molecule has 6 heteroatoms. The van der Waals surface area contributed by atoms with Crippen molar-refractivity contribution in [1.82, 2.24) is 5.32 Å². The molecule has 0 saturated heterocycles. The summed E-state index contributed by atoms with van der Waals surface area (Å²) in [6, 6.07) is -1.01. The fraction of sp³-hybridized carbons (Fsp3) is 0.786. The first-order valence-corrected chi connectivity index (χ1v) is 7.20.